The number of likely N-dealkylation sites (tertiary alicyclic amines) is 1. The summed E-state index contributed by atoms with van der Waals surface area (Å²) in [6, 6.07) is 0. The Morgan fingerprint density at radius 3 is 2.83 bits per heavy atom. The zero-order chi connectivity index (χ0) is 16.4. The summed E-state index contributed by atoms with van der Waals surface area (Å²) in [5.41, 5.74) is 0.662. The van der Waals surface area contributed by atoms with Gasteiger partial charge in [0.15, 0.2) is 0 Å². The maximum atomic E-state index is 12.5. The normalized spacial score (nSPS) is 26.0. The van der Waals surface area contributed by atoms with E-state index in [1.165, 1.54) is 12.8 Å². The van der Waals surface area contributed by atoms with Crippen LogP contribution >= 0.6 is 0 Å². The Hall–Kier alpha value is -1.53. The van der Waals surface area contributed by atoms with E-state index in [0.29, 0.717) is 5.69 Å². The van der Waals surface area contributed by atoms with E-state index in [0.717, 1.165) is 58.1 Å². The van der Waals surface area contributed by atoms with Crippen LogP contribution in [0.25, 0.3) is 0 Å². The van der Waals surface area contributed by atoms with Gasteiger partial charge in [0.05, 0.1) is 25.5 Å². The van der Waals surface area contributed by atoms with E-state index in [9.17, 15) is 4.79 Å². The van der Waals surface area contributed by atoms with E-state index in [-0.39, 0.29) is 17.4 Å². The third kappa shape index (κ3) is 3.59. The summed E-state index contributed by atoms with van der Waals surface area (Å²) in [7, 11) is 0. The lowest BCUT2D eigenvalue weighted by Gasteiger charge is -2.38. The van der Waals surface area contributed by atoms with Crippen molar-refractivity contribution in [1.82, 2.24) is 14.9 Å². The minimum atomic E-state index is -0.0128. The molecular weight excluding hydrogens is 306 g/mol. The number of hydrogen-bond acceptors (Lipinski definition) is 5. The molecule has 1 unspecified atom stereocenters. The molecule has 2 saturated heterocycles. The molecule has 0 aromatic carbocycles. The second-order valence-corrected chi connectivity index (χ2v) is 7.50. The van der Waals surface area contributed by atoms with Gasteiger partial charge in [-0.25, -0.2) is 4.98 Å². The molecule has 1 saturated carbocycles. The lowest BCUT2D eigenvalue weighted by Crippen LogP contribution is -2.43. The van der Waals surface area contributed by atoms with E-state index < -0.39 is 0 Å². The molecule has 24 heavy (non-hydrogen) atoms. The summed E-state index contributed by atoms with van der Waals surface area (Å²) in [6.07, 6.45) is 10.6. The first kappa shape index (κ1) is 16.0. The van der Waals surface area contributed by atoms with Crippen molar-refractivity contribution >= 4 is 5.91 Å². The van der Waals surface area contributed by atoms with Crippen molar-refractivity contribution in [1.29, 1.82) is 0 Å². The Morgan fingerprint density at radius 1 is 1.29 bits per heavy atom. The van der Waals surface area contributed by atoms with Crippen molar-refractivity contribution in [2.75, 3.05) is 32.9 Å². The Bertz CT molecular complexity index is 568. The number of aromatic nitrogens is 2. The maximum Gasteiger partial charge on any atom is 0.274 e. The summed E-state index contributed by atoms with van der Waals surface area (Å²) < 4.78 is 11.8. The molecular formula is C18H25N3O3. The summed E-state index contributed by atoms with van der Waals surface area (Å²) in [4.78, 5) is 22.4. The smallest absolute Gasteiger partial charge is 0.274 e. The number of carbonyl (C=O) groups excluding carboxylic acids is 1. The van der Waals surface area contributed by atoms with Crippen molar-refractivity contribution in [3.8, 4) is 0 Å². The number of hydrogen-bond donors (Lipinski definition) is 0. The van der Waals surface area contributed by atoms with Crippen LogP contribution in [0.5, 0.6) is 0 Å². The third-order valence-electron chi connectivity index (χ3n) is 5.53. The molecule has 1 atom stereocenters. The van der Waals surface area contributed by atoms with Crippen LogP contribution in [0.4, 0.5) is 0 Å². The van der Waals surface area contributed by atoms with Crippen LogP contribution in [0.2, 0.25) is 0 Å². The number of piperidine rings is 1. The summed E-state index contributed by atoms with van der Waals surface area (Å²) in [5, 5.41) is 0. The van der Waals surface area contributed by atoms with Gasteiger partial charge in [-0.1, -0.05) is 0 Å². The van der Waals surface area contributed by atoms with Crippen molar-refractivity contribution in [3.63, 3.8) is 0 Å². The van der Waals surface area contributed by atoms with Crippen LogP contribution in [0.1, 0.15) is 42.6 Å². The largest absolute Gasteiger partial charge is 0.378 e. The number of nitrogens with zero attached hydrogens (tertiary/aromatic N) is 3. The fourth-order valence-corrected chi connectivity index (χ4v) is 3.76. The van der Waals surface area contributed by atoms with Gasteiger partial charge < -0.3 is 14.4 Å². The zero-order valence-corrected chi connectivity index (χ0v) is 14.0. The van der Waals surface area contributed by atoms with E-state index >= 15 is 0 Å². The average Bonchev–Trinajstić information content (AvgIpc) is 3.37. The zero-order valence-electron chi connectivity index (χ0n) is 14.0. The highest BCUT2D eigenvalue weighted by Crippen LogP contribution is 2.42. The minimum Gasteiger partial charge on any atom is -0.378 e. The van der Waals surface area contributed by atoms with Crippen LogP contribution in [-0.4, -0.2) is 59.8 Å². The Morgan fingerprint density at radius 2 is 2.12 bits per heavy atom. The SMILES string of the molecule is O=C(c1cnccn1)N1CCC2(CC1)COC(COCC1CC1)C2. The van der Waals surface area contributed by atoms with Crippen LogP contribution < -0.4 is 0 Å². The van der Waals surface area contributed by atoms with Gasteiger partial charge in [0, 0.05) is 32.1 Å². The molecule has 130 valence electrons. The van der Waals surface area contributed by atoms with Gasteiger partial charge >= 0.3 is 0 Å². The van der Waals surface area contributed by atoms with Gasteiger partial charge in [-0.3, -0.25) is 9.78 Å². The molecule has 2 aliphatic heterocycles. The third-order valence-corrected chi connectivity index (χ3v) is 5.53. The van der Waals surface area contributed by atoms with Crippen molar-refractivity contribution in [2.45, 2.75) is 38.2 Å². The van der Waals surface area contributed by atoms with Gasteiger partial charge in [0.1, 0.15) is 5.69 Å². The molecule has 1 aliphatic carbocycles. The van der Waals surface area contributed by atoms with Gasteiger partial charge in [-0.05, 0) is 43.4 Å². The van der Waals surface area contributed by atoms with Gasteiger partial charge in [0.25, 0.3) is 5.91 Å². The van der Waals surface area contributed by atoms with Crippen LogP contribution in [0.3, 0.4) is 0 Å². The highest BCUT2D eigenvalue weighted by molar-refractivity contribution is 5.92. The second kappa shape index (κ2) is 6.76. The standard InChI is InChI=1S/C18H25N3O3/c22-17(16-10-19-5-6-20-16)21-7-3-18(4-8-21)9-15(24-13-18)12-23-11-14-1-2-14/h5-6,10,14-15H,1-4,7-9,11-13H2. The van der Waals surface area contributed by atoms with Crippen LogP contribution in [0, 0.1) is 11.3 Å². The molecule has 3 aliphatic rings. The summed E-state index contributed by atoms with van der Waals surface area (Å²) in [6.45, 7) is 3.97. The number of carbonyl (C=O) groups is 1. The maximum absolute atomic E-state index is 12.5. The number of rotatable bonds is 5. The van der Waals surface area contributed by atoms with Crippen molar-refractivity contribution < 1.29 is 14.3 Å². The van der Waals surface area contributed by atoms with E-state index in [4.69, 9.17) is 9.47 Å². The topological polar surface area (TPSA) is 64.6 Å². The lowest BCUT2D eigenvalue weighted by molar-refractivity contribution is 0.00936. The molecule has 1 spiro atoms. The van der Waals surface area contributed by atoms with Crippen molar-refractivity contribution in [2.24, 2.45) is 11.3 Å². The van der Waals surface area contributed by atoms with Crippen molar-refractivity contribution in [3.05, 3.63) is 24.3 Å². The van der Waals surface area contributed by atoms with E-state index in [2.05, 4.69) is 9.97 Å². The lowest BCUT2D eigenvalue weighted by atomic mass is 9.76. The van der Waals surface area contributed by atoms with Crippen LogP contribution in [0.15, 0.2) is 18.6 Å². The highest BCUT2D eigenvalue weighted by Gasteiger charge is 2.43. The molecule has 0 bridgehead atoms. The molecule has 3 heterocycles. The number of ether oxygens (including phenoxy) is 2. The van der Waals surface area contributed by atoms with Gasteiger partial charge in [0.2, 0.25) is 0 Å². The Balaban J connectivity index is 1.25. The predicted octanol–water partition coefficient (Wildman–Crippen LogP) is 1.91. The Labute approximate surface area is 142 Å². The van der Waals surface area contributed by atoms with E-state index in [1.54, 1.807) is 18.6 Å². The molecule has 0 radical (unpaired) electrons. The number of amides is 1. The second-order valence-electron chi connectivity index (χ2n) is 7.50. The molecule has 4 rings (SSSR count). The fraction of sp³-hybridized carbons (Fsp3) is 0.722. The first-order valence-corrected chi connectivity index (χ1v) is 8.99. The van der Waals surface area contributed by atoms with Gasteiger partial charge in [-0.15, -0.1) is 0 Å². The van der Waals surface area contributed by atoms with E-state index in [1.807, 2.05) is 4.90 Å². The fourth-order valence-electron chi connectivity index (χ4n) is 3.76. The molecule has 6 nitrogen and oxygen atoms in total. The quantitative estimate of drug-likeness (QED) is 0.825. The average molecular weight is 331 g/mol. The molecule has 1 aromatic rings. The Kier molecular flexibility index (Phi) is 4.50. The molecule has 1 amide bonds. The minimum absolute atomic E-state index is 0.0128. The van der Waals surface area contributed by atoms with Crippen LogP contribution in [-0.2, 0) is 9.47 Å². The monoisotopic (exact) mass is 331 g/mol. The predicted molar refractivity (Wildman–Crippen MR) is 87.5 cm³/mol. The van der Waals surface area contributed by atoms with Gasteiger partial charge in [-0.2, -0.15) is 0 Å². The first-order valence-electron chi connectivity index (χ1n) is 8.99. The first-order chi connectivity index (χ1) is 11.7. The highest BCUT2D eigenvalue weighted by atomic mass is 16.5. The molecule has 1 aromatic heterocycles. The summed E-state index contributed by atoms with van der Waals surface area (Å²) in [5.74, 6) is 0.789. The summed E-state index contributed by atoms with van der Waals surface area (Å²) >= 11 is 0. The molecule has 6 heteroatoms. The molecule has 3 fully saturated rings. The molecule has 0 N–H and O–H groups in total.